The first-order chi connectivity index (χ1) is 24.8. The average Bonchev–Trinajstić information content (AvgIpc) is 3.20. The molecule has 0 spiro atoms. The van der Waals surface area contributed by atoms with E-state index in [0.29, 0.717) is 17.5 Å². The van der Waals surface area contributed by atoms with E-state index in [9.17, 15) is 0 Å². The summed E-state index contributed by atoms with van der Waals surface area (Å²) in [4.78, 5) is 20.5. The molecule has 0 aliphatic heterocycles. The van der Waals surface area contributed by atoms with E-state index in [0.717, 1.165) is 54.9 Å². The summed E-state index contributed by atoms with van der Waals surface area (Å²) < 4.78 is 0. The molecular formula is C46H28N4. The molecule has 0 fully saturated rings. The van der Waals surface area contributed by atoms with Crippen LogP contribution in [0.3, 0.4) is 0 Å². The molecule has 0 N–H and O–H groups in total. The molecule has 2 heterocycles. The van der Waals surface area contributed by atoms with Crippen LogP contribution in [0.4, 0.5) is 0 Å². The topological polar surface area (TPSA) is 51.6 Å². The van der Waals surface area contributed by atoms with Crippen LogP contribution >= 0.6 is 0 Å². The summed E-state index contributed by atoms with van der Waals surface area (Å²) in [5.41, 5.74) is 4.86. The number of hydrogen-bond acceptors (Lipinski definition) is 4. The normalized spacial score (nSPS) is 11.6. The first-order valence-electron chi connectivity index (χ1n) is 16.8. The quantitative estimate of drug-likeness (QED) is 0.180. The van der Waals surface area contributed by atoms with E-state index in [2.05, 4.69) is 158 Å². The molecule has 0 bridgehead atoms. The molecule has 8 aromatic carbocycles. The van der Waals surface area contributed by atoms with Gasteiger partial charge in [0.15, 0.2) is 17.5 Å². The minimum Gasteiger partial charge on any atom is -0.256 e. The molecule has 10 rings (SSSR count). The number of fused-ring (bicyclic) bond motifs is 7. The number of pyridine rings is 1. The summed E-state index contributed by atoms with van der Waals surface area (Å²) in [7, 11) is 0. The molecule has 0 atom stereocenters. The van der Waals surface area contributed by atoms with Crippen molar-refractivity contribution < 1.29 is 0 Å². The lowest BCUT2D eigenvalue weighted by atomic mass is 9.96. The molecule has 0 aliphatic rings. The van der Waals surface area contributed by atoms with Crippen LogP contribution in [0.1, 0.15) is 0 Å². The van der Waals surface area contributed by atoms with Gasteiger partial charge in [-0.25, -0.2) is 15.0 Å². The van der Waals surface area contributed by atoms with Gasteiger partial charge in [0.2, 0.25) is 0 Å². The number of hydrogen-bond donors (Lipinski definition) is 0. The highest BCUT2D eigenvalue weighted by Crippen LogP contribution is 2.38. The zero-order valence-electron chi connectivity index (χ0n) is 27.0. The van der Waals surface area contributed by atoms with Gasteiger partial charge in [-0.1, -0.05) is 146 Å². The van der Waals surface area contributed by atoms with Crippen LogP contribution in [0.25, 0.3) is 99.3 Å². The van der Waals surface area contributed by atoms with Crippen molar-refractivity contribution in [3.63, 3.8) is 0 Å². The number of aromatic nitrogens is 4. The Bertz CT molecular complexity index is 2790. The van der Waals surface area contributed by atoms with Gasteiger partial charge in [0.1, 0.15) is 0 Å². The van der Waals surface area contributed by atoms with Crippen LogP contribution in [-0.4, -0.2) is 19.9 Å². The largest absolute Gasteiger partial charge is 0.256 e. The zero-order valence-corrected chi connectivity index (χ0v) is 27.0. The lowest BCUT2D eigenvalue weighted by Gasteiger charge is -2.14. The average molecular weight is 637 g/mol. The highest BCUT2D eigenvalue weighted by molar-refractivity contribution is 6.14. The van der Waals surface area contributed by atoms with Crippen molar-refractivity contribution in [2.75, 3.05) is 0 Å². The second kappa shape index (κ2) is 11.4. The van der Waals surface area contributed by atoms with E-state index in [4.69, 9.17) is 19.9 Å². The molecule has 0 amide bonds. The number of nitrogens with zero attached hydrogens (tertiary/aromatic N) is 4. The molecule has 0 saturated carbocycles. The predicted octanol–water partition coefficient (Wildman–Crippen LogP) is 11.7. The van der Waals surface area contributed by atoms with E-state index in [1.54, 1.807) is 0 Å². The van der Waals surface area contributed by atoms with E-state index in [1.165, 1.54) is 26.9 Å². The fourth-order valence-electron chi connectivity index (χ4n) is 7.35. The molecule has 50 heavy (non-hydrogen) atoms. The van der Waals surface area contributed by atoms with Gasteiger partial charge in [0, 0.05) is 33.8 Å². The predicted molar refractivity (Wildman–Crippen MR) is 207 cm³/mol. The standard InChI is InChI=1S/C46H28N4/c1-6-16-36-29(11-1)25-26-47-43(36)30-21-23-31(24-22-30)44-48-45(41-27-32-12-2-4-14-34(32)37-17-7-9-19-39(37)41)50-46(49-44)42-28-33-13-3-5-15-35(33)38-18-8-10-20-40(38)42/h1-28H. The van der Waals surface area contributed by atoms with Crippen molar-refractivity contribution in [2.45, 2.75) is 0 Å². The Morgan fingerprint density at radius 3 is 1.28 bits per heavy atom. The first kappa shape index (κ1) is 28.3. The smallest absolute Gasteiger partial charge is 0.164 e. The summed E-state index contributed by atoms with van der Waals surface area (Å²) in [5.74, 6) is 1.91. The van der Waals surface area contributed by atoms with Gasteiger partial charge in [-0.05, 0) is 66.7 Å². The van der Waals surface area contributed by atoms with E-state index < -0.39 is 0 Å². The monoisotopic (exact) mass is 636 g/mol. The molecule has 232 valence electrons. The second-order valence-electron chi connectivity index (χ2n) is 12.6. The van der Waals surface area contributed by atoms with Crippen LogP contribution in [0.2, 0.25) is 0 Å². The van der Waals surface area contributed by atoms with Gasteiger partial charge >= 0.3 is 0 Å². The molecular weight excluding hydrogens is 609 g/mol. The summed E-state index contributed by atoms with van der Waals surface area (Å²) in [6.45, 7) is 0. The third-order valence-electron chi connectivity index (χ3n) is 9.74. The number of rotatable bonds is 4. The van der Waals surface area contributed by atoms with Gasteiger partial charge in [-0.2, -0.15) is 0 Å². The highest BCUT2D eigenvalue weighted by Gasteiger charge is 2.18. The molecule has 0 radical (unpaired) electrons. The molecule has 4 nitrogen and oxygen atoms in total. The SMILES string of the molecule is c1ccc2c(-c3ccc(-c4nc(-c5cc6ccccc6c6ccccc56)nc(-c5cc6ccccc6c6ccccc56)n4)cc3)nccc2c1. The van der Waals surface area contributed by atoms with Crippen molar-refractivity contribution in [2.24, 2.45) is 0 Å². The summed E-state index contributed by atoms with van der Waals surface area (Å²) in [6, 6.07) is 57.3. The fraction of sp³-hybridized carbons (Fsp3) is 0. The maximum Gasteiger partial charge on any atom is 0.164 e. The van der Waals surface area contributed by atoms with Gasteiger partial charge < -0.3 is 0 Å². The summed E-state index contributed by atoms with van der Waals surface area (Å²) in [6.07, 6.45) is 1.87. The van der Waals surface area contributed by atoms with Crippen molar-refractivity contribution in [1.29, 1.82) is 0 Å². The molecule has 0 aliphatic carbocycles. The summed E-state index contributed by atoms with van der Waals surface area (Å²) in [5, 5.41) is 11.6. The van der Waals surface area contributed by atoms with E-state index in [1.807, 2.05) is 12.3 Å². The van der Waals surface area contributed by atoms with E-state index >= 15 is 0 Å². The zero-order chi connectivity index (χ0) is 33.0. The lowest BCUT2D eigenvalue weighted by molar-refractivity contribution is 1.08. The molecule has 10 aromatic rings. The van der Waals surface area contributed by atoms with Gasteiger partial charge in [-0.15, -0.1) is 0 Å². The van der Waals surface area contributed by atoms with Crippen molar-refractivity contribution >= 4 is 53.9 Å². The minimum atomic E-state index is 0.622. The Balaban J connectivity index is 1.22. The van der Waals surface area contributed by atoms with Gasteiger partial charge in [0.25, 0.3) is 0 Å². The second-order valence-corrected chi connectivity index (χ2v) is 12.6. The van der Waals surface area contributed by atoms with Gasteiger partial charge in [0.05, 0.1) is 5.69 Å². The van der Waals surface area contributed by atoms with Crippen molar-refractivity contribution in [3.8, 4) is 45.4 Å². The lowest BCUT2D eigenvalue weighted by Crippen LogP contribution is -2.01. The minimum absolute atomic E-state index is 0.622. The molecule has 2 aromatic heterocycles. The molecule has 4 heteroatoms. The van der Waals surface area contributed by atoms with Crippen LogP contribution in [0.15, 0.2) is 170 Å². The van der Waals surface area contributed by atoms with Crippen molar-refractivity contribution in [3.05, 3.63) is 170 Å². The Kier molecular flexibility index (Phi) is 6.46. The number of benzene rings is 8. The van der Waals surface area contributed by atoms with Crippen molar-refractivity contribution in [1.82, 2.24) is 19.9 Å². The van der Waals surface area contributed by atoms with Crippen LogP contribution in [0.5, 0.6) is 0 Å². The third kappa shape index (κ3) is 4.61. The Labute approximate surface area is 288 Å². The van der Waals surface area contributed by atoms with Crippen LogP contribution < -0.4 is 0 Å². The highest BCUT2D eigenvalue weighted by atomic mass is 15.0. The van der Waals surface area contributed by atoms with Crippen LogP contribution in [0, 0.1) is 0 Å². The van der Waals surface area contributed by atoms with Crippen LogP contribution in [-0.2, 0) is 0 Å². The molecule has 0 saturated heterocycles. The third-order valence-corrected chi connectivity index (χ3v) is 9.74. The Morgan fingerprint density at radius 1 is 0.300 bits per heavy atom. The molecule has 0 unspecified atom stereocenters. The maximum absolute atomic E-state index is 5.28. The van der Waals surface area contributed by atoms with E-state index in [-0.39, 0.29) is 0 Å². The maximum atomic E-state index is 5.28. The Hall–Kier alpha value is -6.78. The Morgan fingerprint density at radius 2 is 0.720 bits per heavy atom. The first-order valence-corrected chi connectivity index (χ1v) is 16.8. The fourth-order valence-corrected chi connectivity index (χ4v) is 7.35. The summed E-state index contributed by atoms with van der Waals surface area (Å²) >= 11 is 0. The van der Waals surface area contributed by atoms with Gasteiger partial charge in [-0.3, -0.25) is 4.98 Å².